The lowest BCUT2D eigenvalue weighted by atomic mass is 10.1. The maximum atomic E-state index is 12.0. The molecule has 1 N–H and O–H groups in total. The second-order valence-electron chi connectivity index (χ2n) is 4.36. The van der Waals surface area contributed by atoms with Crippen molar-refractivity contribution in [3.8, 4) is 0 Å². The number of nitro benzene ring substituents is 1. The Morgan fingerprint density at radius 1 is 1.33 bits per heavy atom. The molecule has 21 heavy (non-hydrogen) atoms. The highest BCUT2D eigenvalue weighted by atomic mass is 32.2. The Labute approximate surface area is 128 Å². The molecule has 1 aliphatic rings. The van der Waals surface area contributed by atoms with Crippen molar-refractivity contribution in [3.63, 3.8) is 0 Å². The molecule has 2 heterocycles. The van der Waals surface area contributed by atoms with Crippen LogP contribution in [0.25, 0.3) is 11.6 Å². The van der Waals surface area contributed by atoms with Gasteiger partial charge < -0.3 is 5.32 Å². The number of nitrogens with one attached hydrogen (secondary N) is 1. The average Bonchev–Trinajstić information content (AvgIpc) is 3.04. The Balaban J connectivity index is 2.06. The van der Waals surface area contributed by atoms with Gasteiger partial charge in [0, 0.05) is 28.3 Å². The van der Waals surface area contributed by atoms with E-state index >= 15 is 0 Å². The van der Waals surface area contributed by atoms with E-state index in [1.54, 1.807) is 35.2 Å². The molecule has 7 heteroatoms. The highest BCUT2D eigenvalue weighted by Crippen LogP contribution is 2.37. The van der Waals surface area contributed by atoms with Crippen LogP contribution in [0.4, 0.5) is 11.4 Å². The number of carbonyl (C=O) groups excluding carboxylic acids is 1. The predicted octanol–water partition coefficient (Wildman–Crippen LogP) is 3.87. The Kier molecular flexibility index (Phi) is 3.52. The number of nitro groups is 1. The van der Waals surface area contributed by atoms with E-state index in [2.05, 4.69) is 5.32 Å². The molecule has 0 saturated carbocycles. The number of hydrogen-bond donors (Lipinski definition) is 1. The number of carbonyl (C=O) groups is 1. The number of amides is 1. The van der Waals surface area contributed by atoms with Gasteiger partial charge in [-0.05, 0) is 30.5 Å². The van der Waals surface area contributed by atoms with E-state index in [9.17, 15) is 14.9 Å². The van der Waals surface area contributed by atoms with Gasteiger partial charge in [-0.1, -0.05) is 0 Å². The predicted molar refractivity (Wildman–Crippen MR) is 85.7 cm³/mol. The summed E-state index contributed by atoms with van der Waals surface area (Å²) in [6.45, 7) is 0. The first-order chi connectivity index (χ1) is 10.1. The minimum Gasteiger partial charge on any atom is -0.321 e. The molecule has 0 aliphatic carbocycles. The third-order valence-corrected chi connectivity index (χ3v) is 5.20. The fourth-order valence-electron chi connectivity index (χ4n) is 2.10. The van der Waals surface area contributed by atoms with E-state index in [1.807, 2.05) is 18.4 Å². The summed E-state index contributed by atoms with van der Waals surface area (Å²) in [7, 11) is 0. The van der Waals surface area contributed by atoms with E-state index in [4.69, 9.17) is 0 Å². The molecule has 0 spiro atoms. The summed E-state index contributed by atoms with van der Waals surface area (Å²) in [6.07, 6.45) is 3.76. The highest BCUT2D eigenvalue weighted by molar-refractivity contribution is 8.00. The van der Waals surface area contributed by atoms with E-state index in [0.717, 1.165) is 9.09 Å². The number of benzene rings is 1. The maximum Gasteiger partial charge on any atom is 0.270 e. The zero-order valence-corrected chi connectivity index (χ0v) is 12.6. The first kappa shape index (κ1) is 13.8. The summed E-state index contributed by atoms with van der Waals surface area (Å²) in [6, 6.07) is 8.31. The maximum absolute atomic E-state index is 12.0. The van der Waals surface area contributed by atoms with Gasteiger partial charge in [0.1, 0.15) is 0 Å². The summed E-state index contributed by atoms with van der Waals surface area (Å²) in [5.74, 6) is -0.232. The van der Waals surface area contributed by atoms with Crippen LogP contribution >= 0.6 is 23.1 Å². The van der Waals surface area contributed by atoms with Gasteiger partial charge in [0.2, 0.25) is 0 Å². The highest BCUT2D eigenvalue weighted by Gasteiger charge is 2.26. The Hall–Kier alpha value is -2.12. The van der Waals surface area contributed by atoms with Crippen molar-refractivity contribution in [2.24, 2.45) is 0 Å². The monoisotopic (exact) mass is 318 g/mol. The average molecular weight is 318 g/mol. The number of nitrogens with zero attached hydrogens (tertiary/aromatic N) is 1. The van der Waals surface area contributed by atoms with Gasteiger partial charge in [0.15, 0.2) is 0 Å². The minimum atomic E-state index is -0.461. The molecule has 1 aliphatic heterocycles. The van der Waals surface area contributed by atoms with E-state index < -0.39 is 4.92 Å². The van der Waals surface area contributed by atoms with Crippen molar-refractivity contribution in [2.75, 3.05) is 11.6 Å². The molecule has 1 aromatic heterocycles. The molecular weight excluding hydrogens is 308 g/mol. The SMILES string of the molecule is CSc1ccc(C=C2C(=O)Nc3ccc([N+](=O)[O-])cc32)s1. The first-order valence-electron chi connectivity index (χ1n) is 6.04. The van der Waals surface area contributed by atoms with Crippen LogP contribution in [0.1, 0.15) is 10.4 Å². The normalized spacial score (nSPS) is 15.1. The fourth-order valence-corrected chi connectivity index (χ4v) is 3.60. The van der Waals surface area contributed by atoms with E-state index in [-0.39, 0.29) is 11.6 Å². The number of anilines is 1. The molecule has 0 fully saturated rings. The largest absolute Gasteiger partial charge is 0.321 e. The summed E-state index contributed by atoms with van der Waals surface area (Å²) in [5.41, 5.74) is 1.63. The molecule has 1 aromatic carbocycles. The van der Waals surface area contributed by atoms with Gasteiger partial charge >= 0.3 is 0 Å². The molecule has 0 radical (unpaired) electrons. The van der Waals surface area contributed by atoms with Crippen molar-refractivity contribution in [3.05, 3.63) is 50.9 Å². The number of fused-ring (bicyclic) bond motifs is 1. The van der Waals surface area contributed by atoms with Crippen LogP contribution in [0, 0.1) is 10.1 Å². The summed E-state index contributed by atoms with van der Waals surface area (Å²) in [5, 5.41) is 13.6. The standard InChI is InChI=1S/C14H10N2O3S2/c1-20-13-5-3-9(21-13)7-11-10-6-8(16(18)19)2-4-12(10)15-14(11)17/h2-7H,1H3,(H,15,17). The molecule has 0 atom stereocenters. The molecule has 106 valence electrons. The second kappa shape index (κ2) is 5.34. The van der Waals surface area contributed by atoms with Gasteiger partial charge in [-0.15, -0.1) is 23.1 Å². The van der Waals surface area contributed by atoms with Crippen molar-refractivity contribution in [1.82, 2.24) is 0 Å². The Bertz CT molecular complexity index is 780. The number of non-ortho nitro benzene ring substituents is 1. The Morgan fingerprint density at radius 3 is 2.81 bits per heavy atom. The van der Waals surface area contributed by atoms with Crippen LogP contribution in [-0.4, -0.2) is 17.1 Å². The van der Waals surface area contributed by atoms with Gasteiger partial charge in [-0.2, -0.15) is 0 Å². The molecule has 0 saturated heterocycles. The lowest BCUT2D eigenvalue weighted by Gasteiger charge is -1.98. The van der Waals surface area contributed by atoms with Crippen LogP contribution < -0.4 is 5.32 Å². The number of thioether (sulfide) groups is 1. The molecule has 5 nitrogen and oxygen atoms in total. The number of thiophene rings is 1. The van der Waals surface area contributed by atoms with E-state index in [0.29, 0.717) is 16.8 Å². The third kappa shape index (κ3) is 2.57. The van der Waals surface area contributed by atoms with Gasteiger partial charge in [-0.3, -0.25) is 14.9 Å². The van der Waals surface area contributed by atoms with Crippen LogP contribution in [-0.2, 0) is 4.79 Å². The van der Waals surface area contributed by atoms with Gasteiger partial charge in [0.25, 0.3) is 11.6 Å². The van der Waals surface area contributed by atoms with Crippen LogP contribution in [0.3, 0.4) is 0 Å². The third-order valence-electron chi connectivity index (χ3n) is 3.09. The molecule has 1 amide bonds. The topological polar surface area (TPSA) is 72.2 Å². The fraction of sp³-hybridized carbons (Fsp3) is 0.0714. The molecule has 2 aromatic rings. The lowest BCUT2D eigenvalue weighted by molar-refractivity contribution is -0.384. The zero-order valence-electron chi connectivity index (χ0n) is 11.0. The smallest absolute Gasteiger partial charge is 0.270 e. The van der Waals surface area contributed by atoms with Crippen molar-refractivity contribution < 1.29 is 9.72 Å². The second-order valence-corrected chi connectivity index (χ2v) is 6.58. The van der Waals surface area contributed by atoms with Crippen molar-refractivity contribution in [2.45, 2.75) is 4.21 Å². The Morgan fingerprint density at radius 2 is 2.14 bits per heavy atom. The molecule has 3 rings (SSSR count). The van der Waals surface area contributed by atoms with Crippen LogP contribution in [0.5, 0.6) is 0 Å². The summed E-state index contributed by atoms with van der Waals surface area (Å²) >= 11 is 3.22. The molecule has 0 bridgehead atoms. The minimum absolute atomic E-state index is 0.0212. The zero-order chi connectivity index (χ0) is 15.0. The van der Waals surface area contributed by atoms with Crippen molar-refractivity contribution >= 4 is 52.0 Å². The van der Waals surface area contributed by atoms with Crippen LogP contribution in [0.15, 0.2) is 34.5 Å². The van der Waals surface area contributed by atoms with Crippen molar-refractivity contribution in [1.29, 1.82) is 0 Å². The summed E-state index contributed by atoms with van der Waals surface area (Å²) in [4.78, 5) is 23.4. The number of rotatable bonds is 3. The first-order valence-corrected chi connectivity index (χ1v) is 8.08. The number of hydrogen-bond acceptors (Lipinski definition) is 5. The van der Waals surface area contributed by atoms with E-state index in [1.165, 1.54) is 12.1 Å². The summed E-state index contributed by atoms with van der Waals surface area (Å²) < 4.78 is 1.15. The molecule has 0 unspecified atom stereocenters. The van der Waals surface area contributed by atoms with Gasteiger partial charge in [0.05, 0.1) is 14.7 Å². The van der Waals surface area contributed by atoms with Gasteiger partial charge in [-0.25, -0.2) is 0 Å². The lowest BCUT2D eigenvalue weighted by Crippen LogP contribution is -2.03. The molecular formula is C14H10N2O3S2. The quantitative estimate of drug-likeness (QED) is 0.403. The van der Waals surface area contributed by atoms with Crippen LogP contribution in [0.2, 0.25) is 0 Å².